The normalized spacial score (nSPS) is 12.0. The zero-order valence-corrected chi connectivity index (χ0v) is 14.0. The molecule has 120 valence electrons. The Morgan fingerprint density at radius 3 is 2.33 bits per heavy atom. The van der Waals surface area contributed by atoms with Crippen LogP contribution in [0.25, 0.3) is 0 Å². The molecule has 0 atom stereocenters. The SMILES string of the molecule is CCN(CCCNCCCCc1ccccc1)S(C)(=O)=O. The van der Waals surface area contributed by atoms with Crippen LogP contribution in [0, 0.1) is 0 Å². The molecule has 5 heteroatoms. The van der Waals surface area contributed by atoms with E-state index in [4.69, 9.17) is 0 Å². The molecule has 1 aromatic carbocycles. The van der Waals surface area contributed by atoms with Crippen molar-refractivity contribution in [3.63, 3.8) is 0 Å². The van der Waals surface area contributed by atoms with Gasteiger partial charge in [-0.3, -0.25) is 0 Å². The molecule has 21 heavy (non-hydrogen) atoms. The van der Waals surface area contributed by atoms with Crippen molar-refractivity contribution in [2.75, 3.05) is 32.4 Å². The molecule has 0 aliphatic rings. The van der Waals surface area contributed by atoms with E-state index in [1.807, 2.05) is 13.0 Å². The van der Waals surface area contributed by atoms with Crippen LogP contribution in [-0.4, -0.2) is 45.2 Å². The average Bonchev–Trinajstić information content (AvgIpc) is 2.45. The van der Waals surface area contributed by atoms with E-state index in [9.17, 15) is 8.42 Å². The first kappa shape index (κ1) is 18.1. The maximum atomic E-state index is 11.4. The molecule has 0 bridgehead atoms. The van der Waals surface area contributed by atoms with Crippen LogP contribution in [0.2, 0.25) is 0 Å². The summed E-state index contributed by atoms with van der Waals surface area (Å²) >= 11 is 0. The van der Waals surface area contributed by atoms with Crippen molar-refractivity contribution in [1.82, 2.24) is 9.62 Å². The second kappa shape index (κ2) is 9.92. The molecule has 0 saturated heterocycles. The third kappa shape index (κ3) is 8.19. The number of hydrogen-bond acceptors (Lipinski definition) is 3. The van der Waals surface area contributed by atoms with Crippen LogP contribution in [0.1, 0.15) is 31.7 Å². The number of nitrogens with zero attached hydrogens (tertiary/aromatic N) is 1. The van der Waals surface area contributed by atoms with Crippen LogP contribution >= 0.6 is 0 Å². The standard InChI is InChI=1S/C16H28N2O2S/c1-3-18(21(2,19)20)15-9-14-17-13-8-7-12-16-10-5-4-6-11-16/h4-6,10-11,17H,3,7-9,12-15H2,1-2H3. The van der Waals surface area contributed by atoms with Gasteiger partial charge in [0.25, 0.3) is 0 Å². The van der Waals surface area contributed by atoms with Crippen LogP contribution in [0.3, 0.4) is 0 Å². The number of nitrogens with one attached hydrogen (secondary N) is 1. The first-order valence-electron chi connectivity index (χ1n) is 7.74. The van der Waals surface area contributed by atoms with Crippen molar-refractivity contribution in [2.24, 2.45) is 0 Å². The fourth-order valence-electron chi connectivity index (χ4n) is 2.29. The third-order valence-electron chi connectivity index (χ3n) is 3.49. The largest absolute Gasteiger partial charge is 0.317 e. The van der Waals surface area contributed by atoms with Crippen molar-refractivity contribution in [3.05, 3.63) is 35.9 Å². The van der Waals surface area contributed by atoms with E-state index >= 15 is 0 Å². The van der Waals surface area contributed by atoms with Crippen LogP contribution in [0.15, 0.2) is 30.3 Å². The highest BCUT2D eigenvalue weighted by Gasteiger charge is 2.12. The van der Waals surface area contributed by atoms with Gasteiger partial charge in [0, 0.05) is 13.1 Å². The molecule has 0 unspecified atom stereocenters. The Balaban J connectivity index is 2.00. The number of aryl methyl sites for hydroxylation is 1. The second-order valence-electron chi connectivity index (χ2n) is 5.30. The highest BCUT2D eigenvalue weighted by Crippen LogP contribution is 2.03. The van der Waals surface area contributed by atoms with Gasteiger partial charge < -0.3 is 5.32 Å². The van der Waals surface area contributed by atoms with Gasteiger partial charge in [-0.05, 0) is 44.3 Å². The summed E-state index contributed by atoms with van der Waals surface area (Å²) in [7, 11) is -3.04. The van der Waals surface area contributed by atoms with Crippen LogP contribution in [0.5, 0.6) is 0 Å². The molecule has 1 rings (SSSR count). The minimum Gasteiger partial charge on any atom is -0.317 e. The lowest BCUT2D eigenvalue weighted by Gasteiger charge is -2.17. The molecular weight excluding hydrogens is 284 g/mol. The quantitative estimate of drug-likeness (QED) is 0.638. The summed E-state index contributed by atoms with van der Waals surface area (Å²) in [6, 6.07) is 10.5. The van der Waals surface area contributed by atoms with Crippen molar-refractivity contribution in [3.8, 4) is 0 Å². The molecule has 4 nitrogen and oxygen atoms in total. The number of unbranched alkanes of at least 4 members (excludes halogenated alkanes) is 1. The smallest absolute Gasteiger partial charge is 0.211 e. The van der Waals surface area contributed by atoms with Crippen molar-refractivity contribution >= 4 is 10.0 Å². The molecule has 0 saturated carbocycles. The highest BCUT2D eigenvalue weighted by molar-refractivity contribution is 7.88. The van der Waals surface area contributed by atoms with Gasteiger partial charge in [0.15, 0.2) is 0 Å². The first-order chi connectivity index (χ1) is 10.0. The molecular formula is C16H28N2O2S. The van der Waals surface area contributed by atoms with E-state index in [2.05, 4.69) is 29.6 Å². The Labute approximate surface area is 129 Å². The Morgan fingerprint density at radius 2 is 1.71 bits per heavy atom. The second-order valence-corrected chi connectivity index (χ2v) is 7.28. The van der Waals surface area contributed by atoms with Crippen LogP contribution in [0.4, 0.5) is 0 Å². The molecule has 0 aliphatic carbocycles. The zero-order valence-electron chi connectivity index (χ0n) is 13.2. The van der Waals surface area contributed by atoms with E-state index in [0.717, 1.165) is 32.4 Å². The molecule has 0 amide bonds. The van der Waals surface area contributed by atoms with Gasteiger partial charge in [0.2, 0.25) is 10.0 Å². The predicted molar refractivity (Wildman–Crippen MR) is 89.0 cm³/mol. The van der Waals surface area contributed by atoms with Crippen LogP contribution in [-0.2, 0) is 16.4 Å². The van der Waals surface area contributed by atoms with E-state index in [1.165, 1.54) is 22.5 Å². The monoisotopic (exact) mass is 312 g/mol. The number of benzene rings is 1. The van der Waals surface area contributed by atoms with E-state index < -0.39 is 10.0 Å². The first-order valence-corrected chi connectivity index (χ1v) is 9.58. The molecule has 0 spiro atoms. The Bertz CT molecular complexity index is 474. The van der Waals surface area contributed by atoms with E-state index in [1.54, 1.807) is 0 Å². The number of hydrogen-bond donors (Lipinski definition) is 1. The lowest BCUT2D eigenvalue weighted by molar-refractivity contribution is 0.418. The molecule has 1 N–H and O–H groups in total. The minimum atomic E-state index is -3.04. The van der Waals surface area contributed by atoms with Gasteiger partial charge in [-0.25, -0.2) is 12.7 Å². The Kier molecular flexibility index (Phi) is 8.57. The summed E-state index contributed by atoms with van der Waals surface area (Å²) in [4.78, 5) is 0. The van der Waals surface area contributed by atoms with E-state index in [0.29, 0.717) is 13.1 Å². The van der Waals surface area contributed by atoms with Gasteiger partial charge in [-0.1, -0.05) is 37.3 Å². The molecule has 1 aromatic rings. The van der Waals surface area contributed by atoms with Gasteiger partial charge >= 0.3 is 0 Å². The van der Waals surface area contributed by atoms with Gasteiger partial charge in [0.1, 0.15) is 0 Å². The maximum absolute atomic E-state index is 11.4. The minimum absolute atomic E-state index is 0.551. The Morgan fingerprint density at radius 1 is 1.05 bits per heavy atom. The maximum Gasteiger partial charge on any atom is 0.211 e. The number of rotatable bonds is 11. The lowest BCUT2D eigenvalue weighted by Crippen LogP contribution is -2.32. The predicted octanol–water partition coefficient (Wildman–Crippen LogP) is 2.27. The number of sulfonamides is 1. The van der Waals surface area contributed by atoms with Gasteiger partial charge in [-0.15, -0.1) is 0 Å². The summed E-state index contributed by atoms with van der Waals surface area (Å²) in [5.41, 5.74) is 1.39. The summed E-state index contributed by atoms with van der Waals surface area (Å²) in [5.74, 6) is 0. The third-order valence-corrected chi connectivity index (χ3v) is 4.87. The fourth-order valence-corrected chi connectivity index (χ4v) is 3.22. The van der Waals surface area contributed by atoms with Crippen molar-refractivity contribution in [1.29, 1.82) is 0 Å². The highest BCUT2D eigenvalue weighted by atomic mass is 32.2. The zero-order chi connectivity index (χ0) is 15.6. The average molecular weight is 312 g/mol. The summed E-state index contributed by atoms with van der Waals surface area (Å²) in [5, 5.41) is 3.38. The molecule has 0 fully saturated rings. The lowest BCUT2D eigenvalue weighted by atomic mass is 10.1. The summed E-state index contributed by atoms with van der Waals surface area (Å²) < 4.78 is 24.3. The van der Waals surface area contributed by atoms with Crippen molar-refractivity contribution in [2.45, 2.75) is 32.6 Å². The van der Waals surface area contributed by atoms with Crippen LogP contribution < -0.4 is 5.32 Å². The van der Waals surface area contributed by atoms with Gasteiger partial charge in [0.05, 0.1) is 6.26 Å². The van der Waals surface area contributed by atoms with Crippen molar-refractivity contribution < 1.29 is 8.42 Å². The summed E-state index contributed by atoms with van der Waals surface area (Å²) in [6.07, 6.45) is 5.59. The fraction of sp³-hybridized carbons (Fsp3) is 0.625. The molecule has 0 heterocycles. The topological polar surface area (TPSA) is 49.4 Å². The summed E-state index contributed by atoms with van der Waals surface area (Å²) in [6.45, 7) is 4.90. The van der Waals surface area contributed by atoms with Gasteiger partial charge in [-0.2, -0.15) is 0 Å². The molecule has 0 radical (unpaired) electrons. The molecule has 0 aromatic heterocycles. The molecule has 0 aliphatic heterocycles. The van der Waals surface area contributed by atoms with E-state index in [-0.39, 0.29) is 0 Å². The Hall–Kier alpha value is -0.910.